The number of anilines is 2. The summed E-state index contributed by atoms with van der Waals surface area (Å²) in [7, 11) is 0. The number of nitrogens with one attached hydrogen (secondary N) is 1. The number of rotatable bonds is 7. The molecule has 1 aromatic heterocycles. The molecule has 0 aliphatic heterocycles. The average molecular weight is 304 g/mol. The number of thiophene rings is 1. The number of hydrogen-bond donors (Lipinski definition) is 2. The van der Waals surface area contributed by atoms with E-state index in [9.17, 15) is 4.79 Å². The van der Waals surface area contributed by atoms with Crippen LogP contribution in [0.2, 0.25) is 0 Å². The van der Waals surface area contributed by atoms with Crippen molar-refractivity contribution in [2.45, 2.75) is 20.4 Å². The first-order chi connectivity index (χ1) is 10.1. The van der Waals surface area contributed by atoms with Crippen LogP contribution < -0.4 is 10.2 Å². The van der Waals surface area contributed by atoms with E-state index in [1.165, 1.54) is 17.0 Å². The standard InChI is InChI=1S/C16H20N2O2S/c1-3-18(4-2)14-7-5-13(6-8-14)17-10-15-9-12(11-21-15)16(19)20/h5-9,11,17H,3-4,10H2,1-2H3,(H,19,20). The van der Waals surface area contributed by atoms with E-state index in [1.807, 2.05) is 0 Å². The maximum absolute atomic E-state index is 10.8. The summed E-state index contributed by atoms with van der Waals surface area (Å²) in [5.41, 5.74) is 2.61. The van der Waals surface area contributed by atoms with Gasteiger partial charge in [-0.05, 0) is 44.2 Å². The molecular weight excluding hydrogens is 284 g/mol. The Balaban J connectivity index is 1.95. The van der Waals surface area contributed by atoms with Gasteiger partial charge in [-0.15, -0.1) is 11.3 Å². The summed E-state index contributed by atoms with van der Waals surface area (Å²) >= 11 is 1.46. The third-order valence-corrected chi connectivity index (χ3v) is 4.30. The molecular formula is C16H20N2O2S. The summed E-state index contributed by atoms with van der Waals surface area (Å²) in [4.78, 5) is 14.1. The van der Waals surface area contributed by atoms with E-state index in [0.717, 1.165) is 23.7 Å². The Labute approximate surface area is 129 Å². The molecule has 0 bridgehead atoms. The minimum absolute atomic E-state index is 0.355. The number of carboxylic acid groups (broad SMARTS) is 1. The highest BCUT2D eigenvalue weighted by Crippen LogP contribution is 2.20. The van der Waals surface area contributed by atoms with Crippen LogP contribution in [-0.4, -0.2) is 24.2 Å². The molecule has 1 heterocycles. The number of carbonyl (C=O) groups is 1. The number of nitrogens with zero attached hydrogens (tertiary/aromatic N) is 1. The van der Waals surface area contributed by atoms with Crippen LogP contribution >= 0.6 is 11.3 Å². The van der Waals surface area contributed by atoms with Crippen molar-refractivity contribution in [3.8, 4) is 0 Å². The minimum Gasteiger partial charge on any atom is -0.478 e. The van der Waals surface area contributed by atoms with Crippen molar-refractivity contribution in [3.63, 3.8) is 0 Å². The molecule has 0 aliphatic rings. The van der Waals surface area contributed by atoms with Crippen LogP contribution in [-0.2, 0) is 6.54 Å². The molecule has 0 fully saturated rings. The first kappa shape index (κ1) is 15.4. The highest BCUT2D eigenvalue weighted by atomic mass is 32.1. The van der Waals surface area contributed by atoms with E-state index in [0.29, 0.717) is 12.1 Å². The van der Waals surface area contributed by atoms with Crippen molar-refractivity contribution in [3.05, 3.63) is 46.2 Å². The Morgan fingerprint density at radius 3 is 2.43 bits per heavy atom. The summed E-state index contributed by atoms with van der Waals surface area (Å²) < 4.78 is 0. The molecule has 21 heavy (non-hydrogen) atoms. The van der Waals surface area contributed by atoms with Crippen molar-refractivity contribution >= 4 is 28.7 Å². The summed E-state index contributed by atoms with van der Waals surface area (Å²) in [6.07, 6.45) is 0. The Kier molecular flexibility index (Phi) is 5.22. The van der Waals surface area contributed by atoms with Gasteiger partial charge in [0.2, 0.25) is 0 Å². The fourth-order valence-electron chi connectivity index (χ4n) is 2.15. The highest BCUT2D eigenvalue weighted by Gasteiger charge is 2.06. The second-order valence-corrected chi connectivity index (χ2v) is 5.68. The van der Waals surface area contributed by atoms with Gasteiger partial charge in [0, 0.05) is 41.3 Å². The van der Waals surface area contributed by atoms with Gasteiger partial charge in [0.15, 0.2) is 0 Å². The molecule has 0 amide bonds. The monoisotopic (exact) mass is 304 g/mol. The number of benzene rings is 1. The average Bonchev–Trinajstić information content (AvgIpc) is 2.97. The summed E-state index contributed by atoms with van der Waals surface area (Å²) in [5, 5.41) is 13.9. The zero-order valence-corrected chi connectivity index (χ0v) is 13.1. The van der Waals surface area contributed by atoms with Crippen molar-refractivity contribution in [1.82, 2.24) is 0 Å². The molecule has 2 rings (SSSR count). The SMILES string of the molecule is CCN(CC)c1ccc(NCc2cc(C(=O)O)cs2)cc1. The molecule has 0 saturated heterocycles. The van der Waals surface area contributed by atoms with Crippen LogP contribution in [0.3, 0.4) is 0 Å². The van der Waals surface area contributed by atoms with Gasteiger partial charge >= 0.3 is 5.97 Å². The topological polar surface area (TPSA) is 52.6 Å². The van der Waals surface area contributed by atoms with Crippen molar-refractivity contribution in [1.29, 1.82) is 0 Å². The van der Waals surface area contributed by atoms with E-state index < -0.39 is 5.97 Å². The normalized spacial score (nSPS) is 10.4. The molecule has 5 heteroatoms. The molecule has 2 N–H and O–H groups in total. The molecule has 0 atom stereocenters. The van der Waals surface area contributed by atoms with E-state index in [2.05, 4.69) is 48.3 Å². The van der Waals surface area contributed by atoms with Gasteiger partial charge < -0.3 is 15.3 Å². The minimum atomic E-state index is -0.874. The maximum Gasteiger partial charge on any atom is 0.336 e. The van der Waals surface area contributed by atoms with E-state index in [-0.39, 0.29) is 0 Å². The second-order valence-electron chi connectivity index (χ2n) is 4.68. The summed E-state index contributed by atoms with van der Waals surface area (Å²) in [6.45, 7) is 6.93. The van der Waals surface area contributed by atoms with E-state index >= 15 is 0 Å². The lowest BCUT2D eigenvalue weighted by Gasteiger charge is -2.21. The lowest BCUT2D eigenvalue weighted by molar-refractivity contribution is 0.0697. The van der Waals surface area contributed by atoms with Crippen LogP contribution in [0.15, 0.2) is 35.7 Å². The Morgan fingerprint density at radius 1 is 1.24 bits per heavy atom. The molecule has 0 aliphatic carbocycles. The van der Waals surface area contributed by atoms with Crippen LogP contribution in [0.1, 0.15) is 29.1 Å². The molecule has 1 aromatic carbocycles. The smallest absolute Gasteiger partial charge is 0.336 e. The molecule has 0 saturated carbocycles. The van der Waals surface area contributed by atoms with Gasteiger partial charge in [-0.25, -0.2) is 4.79 Å². The van der Waals surface area contributed by atoms with Gasteiger partial charge in [0.05, 0.1) is 5.56 Å². The predicted molar refractivity (Wildman–Crippen MR) is 88.6 cm³/mol. The van der Waals surface area contributed by atoms with Gasteiger partial charge in [0.1, 0.15) is 0 Å². The van der Waals surface area contributed by atoms with Crippen molar-refractivity contribution in [2.75, 3.05) is 23.3 Å². The lowest BCUT2D eigenvalue weighted by Crippen LogP contribution is -2.21. The molecule has 112 valence electrons. The first-order valence-corrected chi connectivity index (χ1v) is 7.91. The quantitative estimate of drug-likeness (QED) is 0.814. The Morgan fingerprint density at radius 2 is 1.90 bits per heavy atom. The largest absolute Gasteiger partial charge is 0.478 e. The first-order valence-electron chi connectivity index (χ1n) is 7.03. The number of hydrogen-bond acceptors (Lipinski definition) is 4. The predicted octanol–water partition coefficient (Wildman–Crippen LogP) is 3.90. The van der Waals surface area contributed by atoms with Gasteiger partial charge in [0.25, 0.3) is 0 Å². The Hall–Kier alpha value is -2.01. The fourth-order valence-corrected chi connectivity index (χ4v) is 2.95. The van der Waals surface area contributed by atoms with E-state index in [1.54, 1.807) is 11.4 Å². The zero-order chi connectivity index (χ0) is 15.2. The van der Waals surface area contributed by atoms with Crippen molar-refractivity contribution < 1.29 is 9.90 Å². The van der Waals surface area contributed by atoms with E-state index in [4.69, 9.17) is 5.11 Å². The van der Waals surface area contributed by atoms with Crippen molar-refractivity contribution in [2.24, 2.45) is 0 Å². The van der Waals surface area contributed by atoms with Gasteiger partial charge in [-0.1, -0.05) is 0 Å². The summed E-state index contributed by atoms with van der Waals surface area (Å²) in [6, 6.07) is 10.0. The van der Waals surface area contributed by atoms with Gasteiger partial charge in [-0.3, -0.25) is 0 Å². The highest BCUT2D eigenvalue weighted by molar-refractivity contribution is 7.10. The van der Waals surface area contributed by atoms with Crippen LogP contribution in [0.5, 0.6) is 0 Å². The van der Waals surface area contributed by atoms with Gasteiger partial charge in [-0.2, -0.15) is 0 Å². The fraction of sp³-hybridized carbons (Fsp3) is 0.312. The molecule has 4 nitrogen and oxygen atoms in total. The van der Waals surface area contributed by atoms with Crippen LogP contribution in [0.4, 0.5) is 11.4 Å². The molecule has 2 aromatic rings. The molecule has 0 unspecified atom stereocenters. The Bertz CT molecular complexity index is 589. The summed E-state index contributed by atoms with van der Waals surface area (Å²) in [5.74, 6) is -0.874. The maximum atomic E-state index is 10.8. The number of carboxylic acids is 1. The molecule has 0 spiro atoms. The molecule has 0 radical (unpaired) electrons. The second kappa shape index (κ2) is 7.13. The zero-order valence-electron chi connectivity index (χ0n) is 12.3. The number of aromatic carboxylic acids is 1. The third-order valence-electron chi connectivity index (χ3n) is 3.36. The third kappa shape index (κ3) is 3.98. The van der Waals surface area contributed by atoms with Crippen LogP contribution in [0.25, 0.3) is 0 Å². The lowest BCUT2D eigenvalue weighted by atomic mass is 10.2. The van der Waals surface area contributed by atoms with Crippen LogP contribution in [0, 0.1) is 0 Å².